The van der Waals surface area contributed by atoms with Gasteiger partial charge in [-0.05, 0) is 19.1 Å². The summed E-state index contributed by atoms with van der Waals surface area (Å²) in [5.74, 6) is 0.480. The number of aromatic nitrogens is 1. The molecule has 2 N–H and O–H groups in total. The highest BCUT2D eigenvalue weighted by atomic mass is 32.2. The van der Waals surface area contributed by atoms with Crippen molar-refractivity contribution >= 4 is 15.5 Å². The molecule has 1 aliphatic heterocycles. The van der Waals surface area contributed by atoms with Gasteiger partial charge in [0.15, 0.2) is 9.84 Å². The average molecular weight is 255 g/mol. The Labute approximate surface area is 102 Å². The molecule has 0 radical (unpaired) electrons. The zero-order valence-electron chi connectivity index (χ0n) is 9.83. The molecule has 1 aromatic rings. The molecule has 0 aromatic carbocycles. The highest BCUT2D eigenvalue weighted by Crippen LogP contribution is 2.14. The highest BCUT2D eigenvalue weighted by Gasteiger charge is 2.27. The molecule has 0 saturated carbocycles. The lowest BCUT2D eigenvalue weighted by Gasteiger charge is -2.32. The summed E-state index contributed by atoms with van der Waals surface area (Å²) in [7, 11) is -2.85. The lowest BCUT2D eigenvalue weighted by atomic mass is 10.2. The lowest BCUT2D eigenvalue weighted by Crippen LogP contribution is -2.46. The van der Waals surface area contributed by atoms with Crippen molar-refractivity contribution in [3.63, 3.8) is 0 Å². The van der Waals surface area contributed by atoms with E-state index in [1.165, 1.54) is 0 Å². The maximum absolute atomic E-state index is 11.4. The Morgan fingerprint density at radius 3 is 2.88 bits per heavy atom. The number of nitrogens with two attached hydrogens (primary N) is 1. The SMILES string of the molecule is CC1CS(=O)(=O)CCN1Cc1ccc(N)cn1. The number of pyridine rings is 1. The molecule has 17 heavy (non-hydrogen) atoms. The summed E-state index contributed by atoms with van der Waals surface area (Å²) in [5, 5.41) is 0. The second-order valence-electron chi connectivity index (χ2n) is 4.52. The molecule has 5 nitrogen and oxygen atoms in total. The van der Waals surface area contributed by atoms with Crippen molar-refractivity contribution in [2.75, 3.05) is 23.8 Å². The monoisotopic (exact) mass is 255 g/mol. The maximum Gasteiger partial charge on any atom is 0.153 e. The third kappa shape index (κ3) is 3.17. The van der Waals surface area contributed by atoms with Gasteiger partial charge in [-0.15, -0.1) is 0 Å². The van der Waals surface area contributed by atoms with Crippen LogP contribution in [0, 0.1) is 0 Å². The molecular formula is C11H17N3O2S. The van der Waals surface area contributed by atoms with Crippen LogP contribution in [0.3, 0.4) is 0 Å². The van der Waals surface area contributed by atoms with Crippen LogP contribution in [0.1, 0.15) is 12.6 Å². The maximum atomic E-state index is 11.4. The van der Waals surface area contributed by atoms with Gasteiger partial charge in [0.25, 0.3) is 0 Å². The van der Waals surface area contributed by atoms with E-state index >= 15 is 0 Å². The number of sulfone groups is 1. The first kappa shape index (κ1) is 12.3. The number of hydrogen-bond acceptors (Lipinski definition) is 5. The van der Waals surface area contributed by atoms with Gasteiger partial charge in [-0.2, -0.15) is 0 Å². The minimum absolute atomic E-state index is 0.0492. The van der Waals surface area contributed by atoms with E-state index in [1.807, 2.05) is 19.1 Å². The fourth-order valence-electron chi connectivity index (χ4n) is 2.01. The van der Waals surface area contributed by atoms with Crippen LogP contribution in [0.5, 0.6) is 0 Å². The Kier molecular flexibility index (Phi) is 3.35. The molecule has 0 spiro atoms. The van der Waals surface area contributed by atoms with Crippen molar-refractivity contribution in [1.29, 1.82) is 0 Å². The third-order valence-corrected chi connectivity index (χ3v) is 4.82. The minimum Gasteiger partial charge on any atom is -0.397 e. The molecule has 1 unspecified atom stereocenters. The lowest BCUT2D eigenvalue weighted by molar-refractivity contribution is 0.215. The number of nitrogen functional groups attached to an aromatic ring is 1. The number of nitrogens with zero attached hydrogens (tertiary/aromatic N) is 2. The molecule has 1 saturated heterocycles. The van der Waals surface area contributed by atoms with Gasteiger partial charge in [0.1, 0.15) is 0 Å². The van der Waals surface area contributed by atoms with Gasteiger partial charge < -0.3 is 5.73 Å². The minimum atomic E-state index is -2.85. The average Bonchev–Trinajstić information content (AvgIpc) is 2.24. The quantitative estimate of drug-likeness (QED) is 0.821. The molecule has 2 heterocycles. The van der Waals surface area contributed by atoms with Gasteiger partial charge in [-0.1, -0.05) is 0 Å². The Morgan fingerprint density at radius 1 is 1.53 bits per heavy atom. The first-order chi connectivity index (χ1) is 7.96. The van der Waals surface area contributed by atoms with Crippen molar-refractivity contribution in [3.8, 4) is 0 Å². The van der Waals surface area contributed by atoms with E-state index in [2.05, 4.69) is 9.88 Å². The Morgan fingerprint density at radius 2 is 2.29 bits per heavy atom. The fraction of sp³-hybridized carbons (Fsp3) is 0.545. The highest BCUT2D eigenvalue weighted by molar-refractivity contribution is 7.91. The third-order valence-electron chi connectivity index (χ3n) is 3.02. The molecule has 1 aliphatic rings. The second kappa shape index (κ2) is 4.62. The van der Waals surface area contributed by atoms with Crippen LogP contribution >= 0.6 is 0 Å². The van der Waals surface area contributed by atoms with E-state index in [9.17, 15) is 8.42 Å². The molecule has 0 bridgehead atoms. The van der Waals surface area contributed by atoms with Crippen LogP contribution in [0.15, 0.2) is 18.3 Å². The van der Waals surface area contributed by atoms with Crippen molar-refractivity contribution in [3.05, 3.63) is 24.0 Å². The Balaban J connectivity index is 2.03. The van der Waals surface area contributed by atoms with Crippen LogP contribution in [-0.2, 0) is 16.4 Å². The topological polar surface area (TPSA) is 76.3 Å². The van der Waals surface area contributed by atoms with Crippen LogP contribution < -0.4 is 5.73 Å². The Bertz CT molecular complexity index is 484. The normalized spacial score (nSPS) is 24.6. The van der Waals surface area contributed by atoms with Crippen LogP contribution in [-0.4, -0.2) is 42.4 Å². The summed E-state index contributed by atoms with van der Waals surface area (Å²) in [6, 6.07) is 3.74. The van der Waals surface area contributed by atoms with E-state index in [0.29, 0.717) is 18.8 Å². The summed E-state index contributed by atoms with van der Waals surface area (Å²) < 4.78 is 22.9. The van der Waals surface area contributed by atoms with Gasteiger partial charge in [0.05, 0.1) is 29.1 Å². The zero-order valence-corrected chi connectivity index (χ0v) is 10.7. The van der Waals surface area contributed by atoms with Gasteiger partial charge in [0, 0.05) is 19.1 Å². The van der Waals surface area contributed by atoms with Crippen molar-refractivity contribution in [2.24, 2.45) is 0 Å². The summed E-state index contributed by atoms with van der Waals surface area (Å²) >= 11 is 0. The fourth-order valence-corrected chi connectivity index (χ4v) is 3.63. The zero-order chi connectivity index (χ0) is 12.5. The van der Waals surface area contributed by atoms with Gasteiger partial charge >= 0.3 is 0 Å². The summed E-state index contributed by atoms with van der Waals surface area (Å²) in [6.07, 6.45) is 1.63. The van der Waals surface area contributed by atoms with Crippen LogP contribution in [0.4, 0.5) is 5.69 Å². The summed E-state index contributed by atoms with van der Waals surface area (Å²) in [4.78, 5) is 6.37. The largest absolute Gasteiger partial charge is 0.397 e. The summed E-state index contributed by atoms with van der Waals surface area (Å²) in [5.41, 5.74) is 7.13. The molecule has 1 aromatic heterocycles. The molecule has 2 rings (SSSR count). The first-order valence-corrected chi connectivity index (χ1v) is 7.43. The molecule has 94 valence electrons. The van der Waals surface area contributed by atoms with Gasteiger partial charge in [-0.25, -0.2) is 8.42 Å². The smallest absolute Gasteiger partial charge is 0.153 e. The van der Waals surface area contributed by atoms with E-state index in [1.54, 1.807) is 6.20 Å². The van der Waals surface area contributed by atoms with Crippen molar-refractivity contribution < 1.29 is 8.42 Å². The molecule has 0 aliphatic carbocycles. The number of hydrogen-bond donors (Lipinski definition) is 1. The van der Waals surface area contributed by atoms with Gasteiger partial charge in [0.2, 0.25) is 0 Å². The Hall–Kier alpha value is -1.14. The van der Waals surface area contributed by atoms with Crippen LogP contribution in [0.25, 0.3) is 0 Å². The second-order valence-corrected chi connectivity index (χ2v) is 6.75. The predicted octanol–water partition coefficient (Wildman–Crippen LogP) is 0.283. The van der Waals surface area contributed by atoms with Gasteiger partial charge in [-0.3, -0.25) is 9.88 Å². The van der Waals surface area contributed by atoms with Crippen molar-refractivity contribution in [1.82, 2.24) is 9.88 Å². The van der Waals surface area contributed by atoms with E-state index in [4.69, 9.17) is 5.73 Å². The number of anilines is 1. The van der Waals surface area contributed by atoms with E-state index in [0.717, 1.165) is 5.69 Å². The number of rotatable bonds is 2. The van der Waals surface area contributed by atoms with E-state index < -0.39 is 9.84 Å². The molecule has 0 amide bonds. The van der Waals surface area contributed by atoms with Crippen LogP contribution in [0.2, 0.25) is 0 Å². The van der Waals surface area contributed by atoms with Crippen molar-refractivity contribution in [2.45, 2.75) is 19.5 Å². The molecule has 1 fully saturated rings. The summed E-state index contributed by atoms with van der Waals surface area (Å²) in [6.45, 7) is 3.19. The molecular weight excluding hydrogens is 238 g/mol. The first-order valence-electron chi connectivity index (χ1n) is 5.61. The molecule has 6 heteroatoms. The predicted molar refractivity (Wildman–Crippen MR) is 67.2 cm³/mol. The molecule has 1 atom stereocenters. The standard InChI is InChI=1S/C11H17N3O2S/c1-9-8-17(15,16)5-4-14(9)7-11-3-2-10(12)6-13-11/h2-3,6,9H,4-5,7-8,12H2,1H3. The van der Waals surface area contributed by atoms with E-state index in [-0.39, 0.29) is 17.5 Å².